The highest BCUT2D eigenvalue weighted by molar-refractivity contribution is 5.81. The second-order valence-electron chi connectivity index (χ2n) is 18.9. The van der Waals surface area contributed by atoms with Crippen LogP contribution in [0.15, 0.2) is 24.3 Å². The van der Waals surface area contributed by atoms with Gasteiger partial charge >= 0.3 is 11.9 Å². The lowest BCUT2D eigenvalue weighted by atomic mass is 9.43. The van der Waals surface area contributed by atoms with Gasteiger partial charge in [0.2, 0.25) is 5.91 Å². The Kier molecular flexibility index (Phi) is 19.3. The van der Waals surface area contributed by atoms with Crippen molar-refractivity contribution >= 4 is 17.8 Å². The van der Waals surface area contributed by atoms with E-state index in [2.05, 4.69) is 57.3 Å². The molecular weight excluding hydrogens is 687 g/mol. The van der Waals surface area contributed by atoms with Gasteiger partial charge in [-0.25, -0.2) is 0 Å². The zero-order valence-corrected chi connectivity index (χ0v) is 35.5. The number of esters is 1. The Balaban J connectivity index is 1.07. The lowest BCUT2D eigenvalue weighted by Gasteiger charge is -2.62. The number of unbranched alkanes of at least 4 members (excludes halogenated alkanes) is 12. The second-order valence-corrected chi connectivity index (χ2v) is 18.9. The lowest BCUT2D eigenvalue weighted by molar-refractivity contribution is -0.181. The molecule has 7 nitrogen and oxygen atoms in total. The Morgan fingerprint density at radius 1 is 0.782 bits per heavy atom. The number of carbonyl (C=O) groups is 3. The van der Waals surface area contributed by atoms with Gasteiger partial charge in [-0.3, -0.25) is 14.4 Å². The summed E-state index contributed by atoms with van der Waals surface area (Å²) >= 11 is 0. The molecule has 314 valence electrons. The molecule has 0 bridgehead atoms. The van der Waals surface area contributed by atoms with Crippen molar-refractivity contribution in [3.05, 3.63) is 24.3 Å². The molecule has 4 saturated carbocycles. The number of hydrogen-bond donors (Lipinski definition) is 3. The largest absolute Gasteiger partial charge is 0.480 e. The molecule has 10 atom stereocenters. The van der Waals surface area contributed by atoms with Crippen LogP contribution in [0.3, 0.4) is 0 Å². The van der Waals surface area contributed by atoms with Crippen LogP contribution in [0.2, 0.25) is 0 Å². The number of amides is 1. The summed E-state index contributed by atoms with van der Waals surface area (Å²) in [5.74, 6) is 1.60. The summed E-state index contributed by atoms with van der Waals surface area (Å²) in [6.07, 6.45) is 37.7. The summed E-state index contributed by atoms with van der Waals surface area (Å²) in [7, 11) is 0. The Hall–Kier alpha value is -2.15. The first-order valence-corrected chi connectivity index (χ1v) is 23.2. The van der Waals surface area contributed by atoms with Crippen molar-refractivity contribution in [1.82, 2.24) is 5.32 Å². The minimum Gasteiger partial charge on any atom is -0.480 e. The predicted molar refractivity (Wildman–Crippen MR) is 223 cm³/mol. The Morgan fingerprint density at radius 3 is 2.11 bits per heavy atom. The van der Waals surface area contributed by atoms with Crippen molar-refractivity contribution in [3.63, 3.8) is 0 Å². The van der Waals surface area contributed by atoms with Crippen molar-refractivity contribution < 1.29 is 29.3 Å². The molecule has 0 saturated heterocycles. The van der Waals surface area contributed by atoms with Crippen LogP contribution >= 0.6 is 0 Å². The zero-order valence-electron chi connectivity index (χ0n) is 35.5. The highest BCUT2D eigenvalue weighted by Crippen LogP contribution is 2.68. The number of nitrogens with one attached hydrogen (secondary N) is 1. The van der Waals surface area contributed by atoms with Gasteiger partial charge in [-0.2, -0.15) is 0 Å². The van der Waals surface area contributed by atoms with E-state index in [0.717, 1.165) is 64.2 Å². The van der Waals surface area contributed by atoms with Crippen LogP contribution in [0, 0.1) is 46.3 Å². The van der Waals surface area contributed by atoms with E-state index in [1.54, 1.807) is 0 Å². The summed E-state index contributed by atoms with van der Waals surface area (Å²) < 4.78 is 6.12. The number of aliphatic carboxylic acids is 1. The summed E-state index contributed by atoms with van der Waals surface area (Å²) in [5, 5.41) is 23.3. The van der Waals surface area contributed by atoms with Gasteiger partial charge in [0.25, 0.3) is 0 Å². The zero-order chi connectivity index (χ0) is 39.7. The molecule has 0 spiro atoms. The van der Waals surface area contributed by atoms with E-state index in [-0.39, 0.29) is 41.5 Å². The number of aliphatic hydroxyl groups is 1. The molecule has 4 fully saturated rings. The van der Waals surface area contributed by atoms with Gasteiger partial charge in [0.1, 0.15) is 12.6 Å². The molecule has 3 N–H and O–H groups in total. The van der Waals surface area contributed by atoms with Crippen LogP contribution in [0.1, 0.15) is 195 Å². The van der Waals surface area contributed by atoms with Crippen molar-refractivity contribution in [1.29, 1.82) is 0 Å². The van der Waals surface area contributed by atoms with Crippen LogP contribution in [0.5, 0.6) is 0 Å². The smallest absolute Gasteiger partial charge is 0.322 e. The third kappa shape index (κ3) is 13.2. The average Bonchev–Trinajstić information content (AvgIpc) is 3.53. The molecule has 4 aliphatic carbocycles. The van der Waals surface area contributed by atoms with E-state index in [0.29, 0.717) is 48.3 Å². The van der Waals surface area contributed by atoms with Crippen molar-refractivity contribution in [2.24, 2.45) is 46.3 Å². The molecule has 0 aromatic heterocycles. The third-order valence-corrected chi connectivity index (χ3v) is 15.4. The Morgan fingerprint density at radius 2 is 1.44 bits per heavy atom. The molecule has 4 aliphatic rings. The third-order valence-electron chi connectivity index (χ3n) is 15.4. The summed E-state index contributed by atoms with van der Waals surface area (Å²) in [5.41, 5.74) is 0.0400. The lowest BCUT2D eigenvalue weighted by Crippen LogP contribution is -2.59. The van der Waals surface area contributed by atoms with Crippen LogP contribution < -0.4 is 5.32 Å². The summed E-state index contributed by atoms with van der Waals surface area (Å²) in [6, 6.07) is 0. The first-order chi connectivity index (χ1) is 26.5. The molecule has 0 aliphatic heterocycles. The van der Waals surface area contributed by atoms with Crippen molar-refractivity contribution in [3.8, 4) is 0 Å². The summed E-state index contributed by atoms with van der Waals surface area (Å²) in [4.78, 5) is 36.0. The Bertz CT molecular complexity index is 1230. The summed E-state index contributed by atoms with van der Waals surface area (Å²) in [6.45, 7) is 8.96. The molecule has 0 heterocycles. The molecule has 0 aromatic carbocycles. The van der Waals surface area contributed by atoms with E-state index in [9.17, 15) is 19.5 Å². The van der Waals surface area contributed by atoms with Gasteiger partial charge in [0.05, 0.1) is 6.10 Å². The molecular formula is C48H81NO6. The standard InChI is InChI=1S/C48H81NO6/c1-5-6-7-8-9-10-11-12-13-14-15-16-17-18-19-20-21-22-23-24-46(54)55-38-31-32-47(3)37(33-38)26-27-39-41-29-28-40(48(41,4)43(50)34-42(39)47)36(2)25-30-44(51)49-35-45(52)53/h9-10,12-13,36-43,50H,5-8,11,14-35H2,1-4H3,(H,49,51)(H,52,53)/b10-9-,13-12-. The number of allylic oxidation sites excluding steroid dienone is 4. The number of hydrogen-bond acceptors (Lipinski definition) is 5. The van der Waals surface area contributed by atoms with Gasteiger partial charge in [-0.15, -0.1) is 0 Å². The van der Waals surface area contributed by atoms with E-state index in [1.165, 1.54) is 89.9 Å². The maximum atomic E-state index is 12.9. The first kappa shape index (κ1) is 45.6. The number of rotatable bonds is 25. The fourth-order valence-electron chi connectivity index (χ4n) is 12.1. The van der Waals surface area contributed by atoms with Crippen LogP contribution in [0.4, 0.5) is 0 Å². The molecule has 0 radical (unpaired) electrons. The van der Waals surface area contributed by atoms with E-state index < -0.39 is 5.97 Å². The van der Waals surface area contributed by atoms with Gasteiger partial charge in [-0.05, 0) is 143 Å². The number of ether oxygens (including phenoxy) is 1. The van der Waals surface area contributed by atoms with Crippen molar-refractivity contribution in [2.75, 3.05) is 6.54 Å². The number of fused-ring (bicyclic) bond motifs is 5. The van der Waals surface area contributed by atoms with Gasteiger partial charge in [-0.1, -0.05) is 110 Å². The number of carboxylic acids is 1. The molecule has 4 rings (SSSR count). The quantitative estimate of drug-likeness (QED) is 0.0484. The minimum absolute atomic E-state index is 0.00586. The van der Waals surface area contributed by atoms with Crippen LogP contribution in [-0.2, 0) is 19.1 Å². The Labute approximate surface area is 335 Å². The number of carboxylic acid groups (broad SMARTS) is 1. The predicted octanol–water partition coefficient (Wildman–Crippen LogP) is 11.5. The fourth-order valence-corrected chi connectivity index (χ4v) is 12.1. The van der Waals surface area contributed by atoms with E-state index in [4.69, 9.17) is 9.84 Å². The average molecular weight is 768 g/mol. The number of aliphatic hydroxyl groups excluding tert-OH is 1. The molecule has 1 amide bonds. The minimum atomic E-state index is -1.02. The maximum Gasteiger partial charge on any atom is 0.322 e. The first-order valence-electron chi connectivity index (χ1n) is 23.2. The highest BCUT2D eigenvalue weighted by atomic mass is 16.5. The van der Waals surface area contributed by atoms with E-state index >= 15 is 0 Å². The van der Waals surface area contributed by atoms with E-state index in [1.807, 2.05) is 0 Å². The monoisotopic (exact) mass is 768 g/mol. The SMILES string of the molecule is CCCCC/C=C\C/C=C\CCCCCCCCCCCC(=O)OC1CCC2(C)C(CCC3C2CC(O)C2(C)C(C(C)CCC(=O)NCC(=O)O)CCC32)C1. The van der Waals surface area contributed by atoms with Crippen LogP contribution in [0.25, 0.3) is 0 Å². The number of carbonyl (C=O) groups excluding carboxylic acids is 2. The molecule has 55 heavy (non-hydrogen) atoms. The maximum absolute atomic E-state index is 12.9. The molecule has 7 heteroatoms. The van der Waals surface area contributed by atoms with Gasteiger partial charge in [0.15, 0.2) is 0 Å². The fraction of sp³-hybridized carbons (Fsp3) is 0.854. The van der Waals surface area contributed by atoms with Crippen molar-refractivity contribution in [2.45, 2.75) is 207 Å². The normalized spacial score (nSPS) is 32.2. The molecule has 0 aromatic rings. The highest BCUT2D eigenvalue weighted by Gasteiger charge is 2.63. The molecule has 10 unspecified atom stereocenters. The second kappa shape index (κ2) is 23.3. The topological polar surface area (TPSA) is 113 Å². The van der Waals surface area contributed by atoms with Gasteiger partial charge in [0, 0.05) is 12.8 Å². The van der Waals surface area contributed by atoms with Crippen LogP contribution in [-0.4, -0.2) is 46.8 Å². The van der Waals surface area contributed by atoms with Gasteiger partial charge < -0.3 is 20.3 Å².